The Labute approximate surface area is 122 Å². The predicted octanol–water partition coefficient (Wildman–Crippen LogP) is 2.01. The van der Waals surface area contributed by atoms with Gasteiger partial charge in [-0.05, 0) is 42.7 Å². The summed E-state index contributed by atoms with van der Waals surface area (Å²) in [6.45, 7) is 0.547. The smallest absolute Gasteiger partial charge is 0.277 e. The Morgan fingerprint density at radius 1 is 1.10 bits per heavy atom. The van der Waals surface area contributed by atoms with Gasteiger partial charge in [0.25, 0.3) is 5.56 Å². The fraction of sp³-hybridized carbons (Fsp3) is 0.188. The van der Waals surface area contributed by atoms with E-state index in [0.29, 0.717) is 17.4 Å². The SMILES string of the molecule is Nc1cccc(CCCn2nnc3ccccc3c2=O)c1. The molecule has 2 aromatic carbocycles. The zero-order chi connectivity index (χ0) is 14.7. The first-order chi connectivity index (χ1) is 10.2. The van der Waals surface area contributed by atoms with Crippen molar-refractivity contribution in [2.24, 2.45) is 0 Å². The van der Waals surface area contributed by atoms with Crippen molar-refractivity contribution in [3.63, 3.8) is 0 Å². The van der Waals surface area contributed by atoms with Crippen LogP contribution in [-0.4, -0.2) is 15.0 Å². The number of aromatic nitrogens is 3. The van der Waals surface area contributed by atoms with Gasteiger partial charge in [-0.25, -0.2) is 4.68 Å². The normalized spacial score (nSPS) is 10.9. The van der Waals surface area contributed by atoms with E-state index in [1.165, 1.54) is 4.68 Å². The van der Waals surface area contributed by atoms with Crippen molar-refractivity contribution in [1.82, 2.24) is 15.0 Å². The second-order valence-electron chi connectivity index (χ2n) is 4.98. The number of aryl methyl sites for hydroxylation is 2. The molecular formula is C16H16N4O. The maximum atomic E-state index is 12.3. The number of hydrogen-bond donors (Lipinski definition) is 1. The van der Waals surface area contributed by atoms with Gasteiger partial charge in [0.1, 0.15) is 5.52 Å². The third-order valence-electron chi connectivity index (χ3n) is 3.42. The molecule has 1 heterocycles. The summed E-state index contributed by atoms with van der Waals surface area (Å²) in [5.41, 5.74) is 8.22. The molecule has 0 fully saturated rings. The van der Waals surface area contributed by atoms with Crippen LogP contribution in [-0.2, 0) is 13.0 Å². The third-order valence-corrected chi connectivity index (χ3v) is 3.42. The highest BCUT2D eigenvalue weighted by Gasteiger charge is 2.04. The summed E-state index contributed by atoms with van der Waals surface area (Å²) in [7, 11) is 0. The van der Waals surface area contributed by atoms with E-state index >= 15 is 0 Å². The van der Waals surface area contributed by atoms with Crippen LogP contribution >= 0.6 is 0 Å². The van der Waals surface area contributed by atoms with Crippen LogP contribution in [0.2, 0.25) is 0 Å². The van der Waals surface area contributed by atoms with Gasteiger partial charge in [0.15, 0.2) is 0 Å². The first-order valence-corrected chi connectivity index (χ1v) is 6.91. The lowest BCUT2D eigenvalue weighted by molar-refractivity contribution is 0.525. The Hall–Kier alpha value is -2.69. The van der Waals surface area contributed by atoms with Crippen LogP contribution in [0.5, 0.6) is 0 Å². The Morgan fingerprint density at radius 2 is 1.95 bits per heavy atom. The molecule has 0 saturated heterocycles. The van der Waals surface area contributed by atoms with E-state index < -0.39 is 0 Å². The number of rotatable bonds is 4. The molecule has 0 bridgehead atoms. The molecular weight excluding hydrogens is 264 g/mol. The molecule has 5 heteroatoms. The van der Waals surface area contributed by atoms with Crippen LogP contribution in [0.3, 0.4) is 0 Å². The minimum Gasteiger partial charge on any atom is -0.399 e. The van der Waals surface area contributed by atoms with E-state index in [1.54, 1.807) is 12.1 Å². The molecule has 0 aliphatic rings. The highest BCUT2D eigenvalue weighted by Crippen LogP contribution is 2.09. The summed E-state index contributed by atoms with van der Waals surface area (Å²) in [6, 6.07) is 15.0. The second kappa shape index (κ2) is 5.75. The van der Waals surface area contributed by atoms with Gasteiger partial charge < -0.3 is 5.73 Å². The van der Waals surface area contributed by atoms with Crippen molar-refractivity contribution >= 4 is 16.6 Å². The minimum atomic E-state index is -0.0897. The quantitative estimate of drug-likeness (QED) is 0.742. The number of hydrogen-bond acceptors (Lipinski definition) is 4. The number of benzene rings is 2. The maximum Gasteiger partial charge on any atom is 0.277 e. The van der Waals surface area contributed by atoms with E-state index in [4.69, 9.17) is 5.73 Å². The van der Waals surface area contributed by atoms with E-state index in [0.717, 1.165) is 24.1 Å². The van der Waals surface area contributed by atoms with Crippen molar-refractivity contribution in [2.75, 3.05) is 5.73 Å². The largest absolute Gasteiger partial charge is 0.399 e. The van der Waals surface area contributed by atoms with Crippen LogP contribution in [0.25, 0.3) is 10.9 Å². The van der Waals surface area contributed by atoms with Crippen molar-refractivity contribution in [3.8, 4) is 0 Å². The standard InChI is InChI=1S/C16H16N4O/c17-13-7-3-5-12(11-13)6-4-10-20-16(21)14-8-1-2-9-15(14)18-19-20/h1-3,5,7-9,11H,4,6,10,17H2. The Kier molecular flexibility index (Phi) is 3.64. The highest BCUT2D eigenvalue weighted by molar-refractivity contribution is 5.76. The van der Waals surface area contributed by atoms with Crippen LogP contribution in [0.4, 0.5) is 5.69 Å². The van der Waals surface area contributed by atoms with Crippen molar-refractivity contribution in [1.29, 1.82) is 0 Å². The van der Waals surface area contributed by atoms with Crippen LogP contribution in [0.1, 0.15) is 12.0 Å². The van der Waals surface area contributed by atoms with Crippen molar-refractivity contribution in [3.05, 3.63) is 64.4 Å². The van der Waals surface area contributed by atoms with Crippen molar-refractivity contribution < 1.29 is 0 Å². The molecule has 0 amide bonds. The fourth-order valence-corrected chi connectivity index (χ4v) is 2.35. The van der Waals surface area contributed by atoms with Crippen LogP contribution < -0.4 is 11.3 Å². The van der Waals surface area contributed by atoms with Gasteiger partial charge in [0.05, 0.1) is 5.39 Å². The van der Waals surface area contributed by atoms with Gasteiger partial charge in [-0.15, -0.1) is 5.10 Å². The molecule has 2 N–H and O–H groups in total. The lowest BCUT2D eigenvalue weighted by Gasteiger charge is -2.05. The maximum absolute atomic E-state index is 12.3. The van der Waals surface area contributed by atoms with Gasteiger partial charge in [0.2, 0.25) is 0 Å². The molecule has 1 aromatic heterocycles. The molecule has 3 rings (SSSR count). The summed E-state index contributed by atoms with van der Waals surface area (Å²) in [6.07, 6.45) is 1.67. The first-order valence-electron chi connectivity index (χ1n) is 6.91. The topological polar surface area (TPSA) is 73.8 Å². The molecule has 0 aliphatic carbocycles. The van der Waals surface area contributed by atoms with E-state index in [-0.39, 0.29) is 5.56 Å². The lowest BCUT2D eigenvalue weighted by Crippen LogP contribution is -2.24. The van der Waals surface area contributed by atoms with Crippen molar-refractivity contribution in [2.45, 2.75) is 19.4 Å². The van der Waals surface area contributed by atoms with Gasteiger partial charge in [-0.3, -0.25) is 4.79 Å². The second-order valence-corrected chi connectivity index (χ2v) is 4.98. The number of nitrogens with two attached hydrogens (primary N) is 1. The van der Waals surface area contributed by atoms with Gasteiger partial charge in [0, 0.05) is 12.2 Å². The van der Waals surface area contributed by atoms with Crippen LogP contribution in [0.15, 0.2) is 53.3 Å². The fourth-order valence-electron chi connectivity index (χ4n) is 2.35. The summed E-state index contributed by atoms with van der Waals surface area (Å²) in [5.74, 6) is 0. The summed E-state index contributed by atoms with van der Waals surface area (Å²) in [5, 5.41) is 8.67. The third kappa shape index (κ3) is 2.91. The summed E-state index contributed by atoms with van der Waals surface area (Å²) in [4.78, 5) is 12.3. The molecule has 0 atom stereocenters. The predicted molar refractivity (Wildman–Crippen MR) is 83.0 cm³/mol. The average Bonchev–Trinajstić information content (AvgIpc) is 2.50. The molecule has 3 aromatic rings. The van der Waals surface area contributed by atoms with Gasteiger partial charge >= 0.3 is 0 Å². The first kappa shape index (κ1) is 13.3. The average molecular weight is 280 g/mol. The molecule has 0 aliphatic heterocycles. The van der Waals surface area contributed by atoms with Crippen LogP contribution in [0, 0.1) is 0 Å². The zero-order valence-electron chi connectivity index (χ0n) is 11.6. The Bertz CT molecular complexity index is 826. The van der Waals surface area contributed by atoms with Gasteiger partial charge in [-0.1, -0.05) is 29.5 Å². The minimum absolute atomic E-state index is 0.0897. The van der Waals surface area contributed by atoms with E-state index in [9.17, 15) is 4.79 Å². The lowest BCUT2D eigenvalue weighted by atomic mass is 10.1. The molecule has 5 nitrogen and oxygen atoms in total. The molecule has 106 valence electrons. The van der Waals surface area contributed by atoms with Gasteiger partial charge in [-0.2, -0.15) is 0 Å². The Balaban J connectivity index is 1.74. The molecule has 0 unspecified atom stereocenters. The zero-order valence-corrected chi connectivity index (χ0v) is 11.6. The molecule has 0 spiro atoms. The summed E-state index contributed by atoms with van der Waals surface area (Å²) >= 11 is 0. The molecule has 0 radical (unpaired) electrons. The number of fused-ring (bicyclic) bond motifs is 1. The molecule has 0 saturated carbocycles. The van der Waals surface area contributed by atoms with E-state index in [1.807, 2.05) is 36.4 Å². The Morgan fingerprint density at radius 3 is 2.81 bits per heavy atom. The van der Waals surface area contributed by atoms with E-state index in [2.05, 4.69) is 10.3 Å². The number of anilines is 1. The highest BCUT2D eigenvalue weighted by atomic mass is 16.1. The summed E-state index contributed by atoms with van der Waals surface area (Å²) < 4.78 is 1.43. The number of nitrogens with zero attached hydrogens (tertiary/aromatic N) is 3. The monoisotopic (exact) mass is 280 g/mol. The molecule has 21 heavy (non-hydrogen) atoms. The number of nitrogen functional groups attached to an aromatic ring is 1.